The lowest BCUT2D eigenvalue weighted by Crippen LogP contribution is -2.43. The van der Waals surface area contributed by atoms with Crippen LogP contribution in [0.4, 0.5) is 23.0 Å². The number of carbonyl (C=O) groups excluding carboxylic acids is 1. The highest BCUT2D eigenvalue weighted by Gasteiger charge is 2.49. The van der Waals surface area contributed by atoms with Crippen LogP contribution in [0, 0.1) is 11.6 Å². The van der Waals surface area contributed by atoms with Crippen molar-refractivity contribution in [2.24, 2.45) is 4.99 Å². The molecule has 2 aliphatic heterocycles. The molecule has 0 aliphatic carbocycles. The monoisotopic (exact) mass is 661 g/mol. The van der Waals surface area contributed by atoms with Gasteiger partial charge in [0.2, 0.25) is 5.88 Å². The van der Waals surface area contributed by atoms with Crippen LogP contribution in [-0.2, 0) is 4.74 Å². The number of thiophene rings is 1. The molecule has 4 aromatic rings. The third-order valence-electron chi connectivity index (χ3n) is 8.04. The van der Waals surface area contributed by atoms with Crippen molar-refractivity contribution < 1.29 is 32.5 Å². The highest BCUT2D eigenvalue weighted by molar-refractivity contribution is 7.23. The number of hydrogen-bond acceptors (Lipinski definition) is 9. The summed E-state index contributed by atoms with van der Waals surface area (Å²) in [6.45, 7) is 6.31. The van der Waals surface area contributed by atoms with Gasteiger partial charge in [-0.3, -0.25) is 15.2 Å². The lowest BCUT2D eigenvalue weighted by atomic mass is 9.95. The molecule has 0 unspecified atom stereocenters. The van der Waals surface area contributed by atoms with Crippen molar-refractivity contribution in [3.05, 3.63) is 40.4 Å². The Bertz CT molecular complexity index is 1860. The second-order valence-corrected chi connectivity index (χ2v) is 13.7. The molecule has 2 aromatic carbocycles. The van der Waals surface area contributed by atoms with Gasteiger partial charge in [-0.1, -0.05) is 17.7 Å². The van der Waals surface area contributed by atoms with Crippen LogP contribution in [0.15, 0.2) is 23.2 Å². The van der Waals surface area contributed by atoms with Crippen LogP contribution in [0.5, 0.6) is 11.9 Å². The number of alkyl halides is 1. The Balaban J connectivity index is 1.45. The van der Waals surface area contributed by atoms with Crippen molar-refractivity contribution in [1.29, 1.82) is 0 Å². The number of aliphatic imine (C=N–C) groups is 1. The van der Waals surface area contributed by atoms with Gasteiger partial charge in [-0.15, -0.1) is 11.3 Å². The lowest BCUT2D eigenvalue weighted by Gasteiger charge is -2.30. The van der Waals surface area contributed by atoms with Crippen LogP contribution in [0.25, 0.3) is 32.1 Å². The first-order chi connectivity index (χ1) is 21.3. The van der Waals surface area contributed by atoms with Gasteiger partial charge in [0.25, 0.3) is 0 Å². The summed E-state index contributed by atoms with van der Waals surface area (Å²) in [7, 11) is 1.51. The topological polar surface area (TPSA) is 109 Å². The average Bonchev–Trinajstić information content (AvgIpc) is 3.59. The summed E-state index contributed by atoms with van der Waals surface area (Å²) in [4.78, 5) is 27.0. The van der Waals surface area contributed by atoms with E-state index in [-0.39, 0.29) is 54.8 Å². The Morgan fingerprint density at radius 1 is 1.33 bits per heavy atom. The maximum atomic E-state index is 16.5. The molecule has 6 rings (SSSR count). The molecular weight excluding hydrogens is 631 g/mol. The van der Waals surface area contributed by atoms with E-state index in [1.807, 2.05) is 0 Å². The fourth-order valence-electron chi connectivity index (χ4n) is 6.26. The number of ether oxygens (including phenoxy) is 2. The van der Waals surface area contributed by atoms with Crippen LogP contribution in [0.3, 0.4) is 0 Å². The second kappa shape index (κ2) is 11.6. The third-order valence-corrected chi connectivity index (χ3v) is 9.47. The van der Waals surface area contributed by atoms with Crippen LogP contribution >= 0.6 is 22.9 Å². The SMILES string of the molecule is C/N=C\c1c(NC(=O)OC(C)(C)C)sc2c(F)ccc(-c3c(Cl)cc4c(O)nc(OC[C@@]56CCCN5C[C@H](F)C6)nc4c3F)c12. The van der Waals surface area contributed by atoms with E-state index in [1.54, 1.807) is 20.8 Å². The van der Waals surface area contributed by atoms with E-state index in [0.29, 0.717) is 18.5 Å². The molecule has 45 heavy (non-hydrogen) atoms. The molecule has 0 spiro atoms. The predicted octanol–water partition coefficient (Wildman–Crippen LogP) is 7.50. The number of aromatic nitrogens is 2. The number of benzene rings is 2. The summed E-state index contributed by atoms with van der Waals surface area (Å²) in [5, 5.41) is 13.7. The molecule has 0 bridgehead atoms. The number of nitrogens with one attached hydrogen (secondary N) is 1. The van der Waals surface area contributed by atoms with E-state index in [1.165, 1.54) is 31.5 Å². The summed E-state index contributed by atoms with van der Waals surface area (Å²) in [6, 6.07) is 3.62. The van der Waals surface area contributed by atoms with Gasteiger partial charge in [0.05, 0.1) is 20.6 Å². The molecule has 4 heterocycles. The molecule has 2 saturated heterocycles. The van der Waals surface area contributed by atoms with Gasteiger partial charge < -0.3 is 14.6 Å². The zero-order valence-electron chi connectivity index (χ0n) is 25.0. The zero-order chi connectivity index (χ0) is 32.3. The molecule has 14 heteroatoms. The Morgan fingerprint density at radius 3 is 2.84 bits per heavy atom. The van der Waals surface area contributed by atoms with Crippen molar-refractivity contribution >= 4 is 61.2 Å². The number of amides is 1. The number of carbonyl (C=O) groups is 1. The molecule has 2 aliphatic rings. The van der Waals surface area contributed by atoms with Gasteiger partial charge in [0.15, 0.2) is 5.82 Å². The highest BCUT2D eigenvalue weighted by atomic mass is 35.5. The van der Waals surface area contributed by atoms with Crippen molar-refractivity contribution in [1.82, 2.24) is 14.9 Å². The second-order valence-electron chi connectivity index (χ2n) is 12.3. The molecule has 2 aromatic heterocycles. The molecule has 2 fully saturated rings. The summed E-state index contributed by atoms with van der Waals surface area (Å²) < 4.78 is 57.3. The average molecular weight is 662 g/mol. The summed E-state index contributed by atoms with van der Waals surface area (Å²) >= 11 is 7.56. The molecule has 2 atom stereocenters. The normalized spacial score (nSPS) is 20.4. The van der Waals surface area contributed by atoms with Crippen molar-refractivity contribution in [2.75, 3.05) is 32.1 Å². The fourth-order valence-corrected chi connectivity index (χ4v) is 7.65. The largest absolute Gasteiger partial charge is 0.493 e. The van der Waals surface area contributed by atoms with E-state index >= 15 is 8.78 Å². The van der Waals surface area contributed by atoms with E-state index in [2.05, 4.69) is 25.2 Å². The minimum absolute atomic E-state index is 0.0507. The zero-order valence-corrected chi connectivity index (χ0v) is 26.6. The number of nitrogens with zero attached hydrogens (tertiary/aromatic N) is 4. The highest BCUT2D eigenvalue weighted by Crippen LogP contribution is 2.46. The number of hydrogen-bond donors (Lipinski definition) is 2. The Labute approximate surface area is 266 Å². The first kappa shape index (κ1) is 31.3. The van der Waals surface area contributed by atoms with Crippen molar-refractivity contribution in [3.63, 3.8) is 0 Å². The standard InChI is InChI=1S/C31H31ClF3N5O4S/c1-30(2,3)44-29(42)39-27-18(12-36-4)21-16(6-7-20(34)25(21)45-27)22-19(32)10-17-24(23(22)35)37-28(38-26(17)41)43-14-31-8-5-9-40(31)13-15(33)11-31/h6-7,10,12,15H,5,8-9,11,13-14H2,1-4H3,(H,39,42)(H,37,38,41)/b36-12-/t15-,31+/m1/s1. The first-order valence-corrected chi connectivity index (χ1v) is 15.6. The Morgan fingerprint density at radius 2 is 2.11 bits per heavy atom. The third kappa shape index (κ3) is 5.77. The van der Waals surface area contributed by atoms with Crippen LogP contribution in [0.1, 0.15) is 45.6 Å². The first-order valence-electron chi connectivity index (χ1n) is 14.4. The minimum atomic E-state index is -0.964. The Hall–Kier alpha value is -3.68. The maximum Gasteiger partial charge on any atom is 0.412 e. The number of anilines is 1. The van der Waals surface area contributed by atoms with Gasteiger partial charge in [-0.25, -0.2) is 18.0 Å². The molecule has 9 nitrogen and oxygen atoms in total. The minimum Gasteiger partial charge on any atom is -0.493 e. The van der Waals surface area contributed by atoms with Gasteiger partial charge in [-0.05, 0) is 57.9 Å². The van der Waals surface area contributed by atoms with E-state index < -0.39 is 40.9 Å². The van der Waals surface area contributed by atoms with Crippen LogP contribution < -0.4 is 10.1 Å². The number of rotatable bonds is 6. The predicted molar refractivity (Wildman–Crippen MR) is 169 cm³/mol. The smallest absolute Gasteiger partial charge is 0.412 e. The van der Waals surface area contributed by atoms with Crippen LogP contribution in [-0.4, -0.2) is 76.3 Å². The summed E-state index contributed by atoms with van der Waals surface area (Å²) in [5.41, 5.74) is -1.12. The molecule has 2 N–H and O–H groups in total. The van der Waals surface area contributed by atoms with Crippen molar-refractivity contribution in [3.8, 4) is 23.0 Å². The summed E-state index contributed by atoms with van der Waals surface area (Å²) in [6.07, 6.45) is 1.68. The molecule has 0 radical (unpaired) electrons. The van der Waals surface area contributed by atoms with E-state index in [4.69, 9.17) is 21.1 Å². The molecule has 1 amide bonds. The number of halogens is 4. The van der Waals surface area contributed by atoms with E-state index in [0.717, 1.165) is 30.7 Å². The number of fused-ring (bicyclic) bond motifs is 3. The molecule has 238 valence electrons. The van der Waals surface area contributed by atoms with Gasteiger partial charge >= 0.3 is 12.1 Å². The molecular formula is C31H31ClF3N5O4S. The lowest BCUT2D eigenvalue weighted by molar-refractivity contribution is 0.0636. The van der Waals surface area contributed by atoms with Gasteiger partial charge in [0, 0.05) is 42.7 Å². The summed E-state index contributed by atoms with van der Waals surface area (Å²) in [5.74, 6) is -2.04. The quantitative estimate of drug-likeness (QED) is 0.206. The van der Waals surface area contributed by atoms with Crippen LogP contribution in [0.2, 0.25) is 5.02 Å². The number of aromatic hydroxyl groups is 1. The maximum absolute atomic E-state index is 16.5. The van der Waals surface area contributed by atoms with Gasteiger partial charge in [-0.2, -0.15) is 9.97 Å². The van der Waals surface area contributed by atoms with Gasteiger partial charge in [0.1, 0.15) is 34.7 Å². The Kier molecular flexibility index (Phi) is 8.07. The van der Waals surface area contributed by atoms with E-state index in [9.17, 15) is 14.3 Å². The fraction of sp³-hybridized carbons (Fsp3) is 0.419. The molecule has 0 saturated carbocycles. The van der Waals surface area contributed by atoms with Crippen molar-refractivity contribution in [2.45, 2.75) is 57.3 Å².